The van der Waals surface area contributed by atoms with Crippen LogP contribution in [0.1, 0.15) is 19.8 Å². The number of ether oxygens (including phenoxy) is 1. The van der Waals surface area contributed by atoms with E-state index in [4.69, 9.17) is 16.2 Å². The van der Waals surface area contributed by atoms with Gasteiger partial charge in [-0.1, -0.05) is 0 Å². The molecule has 1 fully saturated rings. The predicted molar refractivity (Wildman–Crippen MR) is 45.3 cm³/mol. The van der Waals surface area contributed by atoms with Gasteiger partial charge in [-0.25, -0.2) is 0 Å². The van der Waals surface area contributed by atoms with Gasteiger partial charge in [0.1, 0.15) is 0 Å². The van der Waals surface area contributed by atoms with Gasteiger partial charge in [0.2, 0.25) is 5.91 Å². The van der Waals surface area contributed by atoms with Gasteiger partial charge in [0.05, 0.1) is 11.5 Å². The molecule has 0 aromatic carbocycles. The van der Waals surface area contributed by atoms with Crippen molar-refractivity contribution in [3.8, 4) is 0 Å². The molecule has 0 saturated carbocycles. The molecule has 0 aliphatic carbocycles. The van der Waals surface area contributed by atoms with E-state index in [0.29, 0.717) is 26.0 Å². The highest BCUT2D eigenvalue weighted by atomic mass is 16.5. The summed E-state index contributed by atoms with van der Waals surface area (Å²) in [6.07, 6.45) is 1.40. The number of rotatable bonds is 2. The summed E-state index contributed by atoms with van der Waals surface area (Å²) in [5, 5.41) is 0. The third-order valence-electron chi connectivity index (χ3n) is 2.57. The molecule has 1 saturated heterocycles. The van der Waals surface area contributed by atoms with Crippen LogP contribution in [0.3, 0.4) is 0 Å². The molecule has 70 valence electrons. The SMILES string of the molecule is CC1CC(CN)(C(N)=O)CCO1. The van der Waals surface area contributed by atoms with Gasteiger partial charge in [-0.05, 0) is 19.8 Å². The Balaban J connectivity index is 2.71. The Morgan fingerprint density at radius 2 is 2.42 bits per heavy atom. The summed E-state index contributed by atoms with van der Waals surface area (Å²) in [6.45, 7) is 2.85. The van der Waals surface area contributed by atoms with Crippen molar-refractivity contribution >= 4 is 5.91 Å². The molecule has 0 bridgehead atoms. The van der Waals surface area contributed by atoms with Crippen LogP contribution in [0.4, 0.5) is 0 Å². The monoisotopic (exact) mass is 172 g/mol. The third-order valence-corrected chi connectivity index (χ3v) is 2.57. The Bertz CT molecular complexity index is 184. The lowest BCUT2D eigenvalue weighted by Gasteiger charge is -2.36. The van der Waals surface area contributed by atoms with Gasteiger partial charge in [0.25, 0.3) is 0 Å². The van der Waals surface area contributed by atoms with Crippen molar-refractivity contribution < 1.29 is 9.53 Å². The second-order valence-corrected chi connectivity index (χ2v) is 3.48. The molecule has 2 unspecified atom stereocenters. The van der Waals surface area contributed by atoms with E-state index < -0.39 is 5.41 Å². The Hall–Kier alpha value is -0.610. The van der Waals surface area contributed by atoms with Gasteiger partial charge >= 0.3 is 0 Å². The maximum atomic E-state index is 11.1. The van der Waals surface area contributed by atoms with Crippen molar-refractivity contribution in [2.45, 2.75) is 25.9 Å². The van der Waals surface area contributed by atoms with Crippen LogP contribution < -0.4 is 11.5 Å². The third kappa shape index (κ3) is 1.59. The van der Waals surface area contributed by atoms with Crippen LogP contribution in [-0.2, 0) is 9.53 Å². The Labute approximate surface area is 72.2 Å². The zero-order valence-corrected chi connectivity index (χ0v) is 7.38. The molecular weight excluding hydrogens is 156 g/mol. The molecule has 0 spiro atoms. The first-order chi connectivity index (χ1) is 5.60. The maximum absolute atomic E-state index is 11.1. The zero-order valence-electron chi connectivity index (χ0n) is 7.38. The van der Waals surface area contributed by atoms with E-state index in [1.807, 2.05) is 6.92 Å². The average molecular weight is 172 g/mol. The summed E-state index contributed by atoms with van der Waals surface area (Å²) in [5.74, 6) is -0.292. The molecule has 1 heterocycles. The molecule has 1 rings (SSSR count). The summed E-state index contributed by atoms with van der Waals surface area (Å²) >= 11 is 0. The fourth-order valence-electron chi connectivity index (χ4n) is 1.68. The first kappa shape index (κ1) is 9.48. The van der Waals surface area contributed by atoms with Crippen molar-refractivity contribution in [3.63, 3.8) is 0 Å². The Kier molecular flexibility index (Phi) is 2.69. The molecule has 0 radical (unpaired) electrons. The normalized spacial score (nSPS) is 36.3. The molecule has 0 aromatic rings. The van der Waals surface area contributed by atoms with Crippen molar-refractivity contribution in [1.82, 2.24) is 0 Å². The van der Waals surface area contributed by atoms with Crippen LogP contribution in [0.25, 0.3) is 0 Å². The summed E-state index contributed by atoms with van der Waals surface area (Å²) in [6, 6.07) is 0. The lowest BCUT2D eigenvalue weighted by molar-refractivity contribution is -0.135. The quantitative estimate of drug-likeness (QED) is 0.595. The van der Waals surface area contributed by atoms with Gasteiger partial charge in [0, 0.05) is 13.2 Å². The zero-order chi connectivity index (χ0) is 9.19. The van der Waals surface area contributed by atoms with Crippen molar-refractivity contribution in [2.24, 2.45) is 16.9 Å². The minimum Gasteiger partial charge on any atom is -0.378 e. The molecule has 1 aliphatic heterocycles. The van der Waals surface area contributed by atoms with Gasteiger partial charge in [-0.3, -0.25) is 4.79 Å². The summed E-state index contributed by atoms with van der Waals surface area (Å²) < 4.78 is 5.32. The van der Waals surface area contributed by atoms with Gasteiger partial charge < -0.3 is 16.2 Å². The number of nitrogens with two attached hydrogens (primary N) is 2. The number of primary amides is 1. The van der Waals surface area contributed by atoms with Gasteiger partial charge in [0.15, 0.2) is 0 Å². The molecule has 4 N–H and O–H groups in total. The van der Waals surface area contributed by atoms with E-state index in [0.717, 1.165) is 0 Å². The largest absolute Gasteiger partial charge is 0.378 e. The van der Waals surface area contributed by atoms with Crippen LogP contribution in [0.15, 0.2) is 0 Å². The molecular formula is C8H16N2O2. The van der Waals surface area contributed by atoms with Crippen molar-refractivity contribution in [2.75, 3.05) is 13.2 Å². The molecule has 0 aromatic heterocycles. The van der Waals surface area contributed by atoms with E-state index in [-0.39, 0.29) is 12.0 Å². The fourth-order valence-corrected chi connectivity index (χ4v) is 1.68. The number of amides is 1. The van der Waals surface area contributed by atoms with Crippen molar-refractivity contribution in [3.05, 3.63) is 0 Å². The predicted octanol–water partition coefficient (Wildman–Crippen LogP) is -0.384. The van der Waals surface area contributed by atoms with E-state index in [9.17, 15) is 4.79 Å². The molecule has 1 amide bonds. The number of carbonyl (C=O) groups excluding carboxylic acids is 1. The molecule has 4 nitrogen and oxygen atoms in total. The number of carbonyl (C=O) groups is 1. The standard InChI is InChI=1S/C8H16N2O2/c1-6-4-8(5-9,7(10)11)2-3-12-6/h6H,2-5,9H2,1H3,(H2,10,11). The highest BCUT2D eigenvalue weighted by Crippen LogP contribution is 2.31. The molecule has 12 heavy (non-hydrogen) atoms. The van der Waals surface area contributed by atoms with E-state index in [1.54, 1.807) is 0 Å². The van der Waals surface area contributed by atoms with Crippen molar-refractivity contribution in [1.29, 1.82) is 0 Å². The maximum Gasteiger partial charge on any atom is 0.225 e. The second-order valence-electron chi connectivity index (χ2n) is 3.48. The molecule has 1 aliphatic rings. The first-order valence-corrected chi connectivity index (χ1v) is 4.22. The smallest absolute Gasteiger partial charge is 0.225 e. The van der Waals surface area contributed by atoms with E-state index in [1.165, 1.54) is 0 Å². The second kappa shape index (κ2) is 3.41. The highest BCUT2D eigenvalue weighted by molar-refractivity contribution is 5.81. The topological polar surface area (TPSA) is 78.3 Å². The first-order valence-electron chi connectivity index (χ1n) is 4.22. The Morgan fingerprint density at radius 1 is 1.75 bits per heavy atom. The lowest BCUT2D eigenvalue weighted by atomic mass is 9.77. The number of hydrogen-bond acceptors (Lipinski definition) is 3. The van der Waals surface area contributed by atoms with Crippen LogP contribution in [-0.4, -0.2) is 25.2 Å². The minimum atomic E-state index is -0.516. The van der Waals surface area contributed by atoms with Gasteiger partial charge in [-0.2, -0.15) is 0 Å². The van der Waals surface area contributed by atoms with Crippen LogP contribution >= 0.6 is 0 Å². The lowest BCUT2D eigenvalue weighted by Crippen LogP contribution is -2.48. The molecule has 4 heteroatoms. The molecule has 2 atom stereocenters. The fraction of sp³-hybridized carbons (Fsp3) is 0.875. The Morgan fingerprint density at radius 3 is 2.75 bits per heavy atom. The van der Waals surface area contributed by atoms with Gasteiger partial charge in [-0.15, -0.1) is 0 Å². The van der Waals surface area contributed by atoms with Crippen LogP contribution in [0.5, 0.6) is 0 Å². The minimum absolute atomic E-state index is 0.0924. The number of hydrogen-bond donors (Lipinski definition) is 2. The van der Waals surface area contributed by atoms with Crippen LogP contribution in [0.2, 0.25) is 0 Å². The summed E-state index contributed by atoms with van der Waals surface area (Å²) in [5.41, 5.74) is 10.3. The van der Waals surface area contributed by atoms with E-state index in [2.05, 4.69) is 0 Å². The van der Waals surface area contributed by atoms with Crippen LogP contribution in [0, 0.1) is 5.41 Å². The highest BCUT2D eigenvalue weighted by Gasteiger charge is 2.39. The summed E-state index contributed by atoms with van der Waals surface area (Å²) in [4.78, 5) is 11.1. The summed E-state index contributed by atoms with van der Waals surface area (Å²) in [7, 11) is 0. The van der Waals surface area contributed by atoms with E-state index >= 15 is 0 Å². The average Bonchev–Trinajstić information content (AvgIpc) is 2.04.